The number of hydrogen-bond acceptors (Lipinski definition) is 3. The van der Waals surface area contributed by atoms with Crippen molar-refractivity contribution in [3.8, 4) is 11.3 Å². The number of carbonyl (C=O) groups excluding carboxylic acids is 1. The van der Waals surface area contributed by atoms with E-state index in [0.29, 0.717) is 27.6 Å². The third-order valence-electron chi connectivity index (χ3n) is 3.28. The van der Waals surface area contributed by atoms with Gasteiger partial charge < -0.3 is 9.84 Å². The first-order valence-corrected chi connectivity index (χ1v) is 7.21. The summed E-state index contributed by atoms with van der Waals surface area (Å²) >= 11 is 5.92. The Labute approximate surface area is 136 Å². The molecule has 1 heterocycles. The van der Waals surface area contributed by atoms with Crippen LogP contribution < -0.4 is 5.32 Å². The van der Waals surface area contributed by atoms with Crippen LogP contribution in [0.4, 0.5) is 10.1 Å². The molecule has 0 saturated carbocycles. The van der Waals surface area contributed by atoms with Gasteiger partial charge >= 0.3 is 0 Å². The van der Waals surface area contributed by atoms with Gasteiger partial charge in [-0.15, -0.1) is 0 Å². The molecule has 1 N–H and O–H groups in total. The van der Waals surface area contributed by atoms with E-state index in [9.17, 15) is 9.18 Å². The van der Waals surface area contributed by atoms with Gasteiger partial charge in [-0.2, -0.15) is 0 Å². The topological polar surface area (TPSA) is 55.1 Å². The molecule has 0 unspecified atom stereocenters. The lowest BCUT2D eigenvalue weighted by Gasteiger charge is -2.04. The number of nitrogens with zero attached hydrogens (tertiary/aromatic N) is 1. The first-order valence-electron chi connectivity index (χ1n) is 6.83. The normalized spacial score (nSPS) is 10.6. The second-order valence-corrected chi connectivity index (χ2v) is 5.44. The Hall–Kier alpha value is -2.66. The molecule has 1 aromatic heterocycles. The van der Waals surface area contributed by atoms with Gasteiger partial charge in [0.15, 0.2) is 11.5 Å². The summed E-state index contributed by atoms with van der Waals surface area (Å²) in [4.78, 5) is 12.1. The molecule has 2 aromatic carbocycles. The van der Waals surface area contributed by atoms with E-state index in [2.05, 4.69) is 10.5 Å². The molecule has 116 valence electrons. The zero-order chi connectivity index (χ0) is 16.4. The van der Waals surface area contributed by atoms with Crippen LogP contribution in [0.25, 0.3) is 11.3 Å². The average molecular weight is 331 g/mol. The number of halogens is 2. The Bertz CT molecular complexity index is 877. The van der Waals surface area contributed by atoms with Crippen LogP contribution >= 0.6 is 11.6 Å². The summed E-state index contributed by atoms with van der Waals surface area (Å²) in [6, 6.07) is 13.0. The highest BCUT2D eigenvalue weighted by molar-refractivity contribution is 6.30. The van der Waals surface area contributed by atoms with Crippen LogP contribution in [0, 0.1) is 12.7 Å². The van der Waals surface area contributed by atoms with Gasteiger partial charge in [0, 0.05) is 22.3 Å². The SMILES string of the molecule is Cc1ccc(NC(=O)c2cc(-c3cccc(Cl)c3)on2)cc1F. The summed E-state index contributed by atoms with van der Waals surface area (Å²) < 4.78 is 18.7. The van der Waals surface area contributed by atoms with Crippen molar-refractivity contribution >= 4 is 23.2 Å². The highest BCUT2D eigenvalue weighted by Crippen LogP contribution is 2.24. The monoisotopic (exact) mass is 330 g/mol. The van der Waals surface area contributed by atoms with E-state index in [1.165, 1.54) is 12.1 Å². The largest absolute Gasteiger partial charge is 0.355 e. The summed E-state index contributed by atoms with van der Waals surface area (Å²) in [6.07, 6.45) is 0. The summed E-state index contributed by atoms with van der Waals surface area (Å²) in [5, 5.41) is 6.86. The van der Waals surface area contributed by atoms with Gasteiger partial charge in [-0.05, 0) is 36.8 Å². The Morgan fingerprint density at radius 1 is 1.22 bits per heavy atom. The second-order valence-electron chi connectivity index (χ2n) is 5.00. The van der Waals surface area contributed by atoms with Crippen LogP contribution in [-0.4, -0.2) is 11.1 Å². The maximum Gasteiger partial charge on any atom is 0.277 e. The van der Waals surface area contributed by atoms with Crippen LogP contribution in [0.2, 0.25) is 5.02 Å². The molecule has 3 aromatic rings. The van der Waals surface area contributed by atoms with E-state index in [0.717, 1.165) is 0 Å². The van der Waals surface area contributed by atoms with Gasteiger partial charge in [-0.25, -0.2) is 4.39 Å². The van der Waals surface area contributed by atoms with Crippen molar-refractivity contribution in [2.24, 2.45) is 0 Å². The Morgan fingerprint density at radius 3 is 2.78 bits per heavy atom. The van der Waals surface area contributed by atoms with Crippen LogP contribution in [0.3, 0.4) is 0 Å². The smallest absolute Gasteiger partial charge is 0.277 e. The predicted octanol–water partition coefficient (Wildman–Crippen LogP) is 4.69. The number of anilines is 1. The molecule has 4 nitrogen and oxygen atoms in total. The zero-order valence-corrected chi connectivity index (χ0v) is 12.9. The first kappa shape index (κ1) is 15.2. The van der Waals surface area contributed by atoms with Crippen molar-refractivity contribution in [1.82, 2.24) is 5.16 Å². The molecule has 0 bridgehead atoms. The lowest BCUT2D eigenvalue weighted by Crippen LogP contribution is -2.12. The van der Waals surface area contributed by atoms with E-state index in [4.69, 9.17) is 16.1 Å². The first-order chi connectivity index (χ1) is 11.0. The predicted molar refractivity (Wildman–Crippen MR) is 86.0 cm³/mol. The molecule has 0 saturated heterocycles. The Kier molecular flexibility index (Phi) is 4.12. The van der Waals surface area contributed by atoms with Crippen LogP contribution in [-0.2, 0) is 0 Å². The van der Waals surface area contributed by atoms with Crippen molar-refractivity contribution in [3.05, 3.63) is 70.6 Å². The zero-order valence-electron chi connectivity index (χ0n) is 12.1. The van der Waals surface area contributed by atoms with Crippen LogP contribution in [0.1, 0.15) is 16.1 Å². The Balaban J connectivity index is 1.79. The number of aromatic nitrogens is 1. The van der Waals surface area contributed by atoms with Gasteiger partial charge in [-0.3, -0.25) is 4.79 Å². The lowest BCUT2D eigenvalue weighted by molar-refractivity contribution is 0.101. The van der Waals surface area contributed by atoms with E-state index >= 15 is 0 Å². The van der Waals surface area contributed by atoms with E-state index in [-0.39, 0.29) is 11.5 Å². The minimum absolute atomic E-state index is 0.0981. The van der Waals surface area contributed by atoms with Gasteiger partial charge in [0.2, 0.25) is 0 Å². The van der Waals surface area contributed by atoms with Crippen molar-refractivity contribution in [3.63, 3.8) is 0 Å². The van der Waals surface area contributed by atoms with Crippen molar-refractivity contribution in [2.75, 3.05) is 5.32 Å². The van der Waals surface area contributed by atoms with Crippen LogP contribution in [0.5, 0.6) is 0 Å². The molecular weight excluding hydrogens is 319 g/mol. The number of carbonyl (C=O) groups is 1. The van der Waals surface area contributed by atoms with Crippen LogP contribution in [0.15, 0.2) is 53.1 Å². The molecule has 0 atom stereocenters. The highest BCUT2D eigenvalue weighted by Gasteiger charge is 2.14. The number of hydrogen-bond donors (Lipinski definition) is 1. The highest BCUT2D eigenvalue weighted by atomic mass is 35.5. The number of nitrogens with one attached hydrogen (secondary N) is 1. The minimum Gasteiger partial charge on any atom is -0.355 e. The van der Waals surface area contributed by atoms with Gasteiger partial charge in [0.1, 0.15) is 5.82 Å². The third-order valence-corrected chi connectivity index (χ3v) is 3.52. The van der Waals surface area contributed by atoms with Crippen molar-refractivity contribution in [2.45, 2.75) is 6.92 Å². The van der Waals surface area contributed by atoms with E-state index in [1.54, 1.807) is 43.3 Å². The molecular formula is C17H12ClFN2O2. The quantitative estimate of drug-likeness (QED) is 0.757. The van der Waals surface area contributed by atoms with Gasteiger partial charge in [-0.1, -0.05) is 35.0 Å². The maximum atomic E-state index is 13.5. The number of benzene rings is 2. The number of amides is 1. The maximum absolute atomic E-state index is 13.5. The Morgan fingerprint density at radius 2 is 2.04 bits per heavy atom. The van der Waals surface area contributed by atoms with E-state index < -0.39 is 5.91 Å². The van der Waals surface area contributed by atoms with E-state index in [1.807, 2.05) is 0 Å². The second kappa shape index (κ2) is 6.22. The molecule has 0 spiro atoms. The number of rotatable bonds is 3. The van der Waals surface area contributed by atoms with Crippen molar-refractivity contribution < 1.29 is 13.7 Å². The molecule has 1 amide bonds. The minimum atomic E-state index is -0.481. The summed E-state index contributed by atoms with van der Waals surface area (Å²) in [5.41, 5.74) is 1.67. The molecule has 0 radical (unpaired) electrons. The summed E-state index contributed by atoms with van der Waals surface area (Å²) in [6.45, 7) is 1.65. The van der Waals surface area contributed by atoms with Crippen molar-refractivity contribution in [1.29, 1.82) is 0 Å². The number of aryl methyl sites for hydroxylation is 1. The fourth-order valence-electron chi connectivity index (χ4n) is 2.03. The van der Waals surface area contributed by atoms with Gasteiger partial charge in [0.25, 0.3) is 5.91 Å². The molecule has 6 heteroatoms. The van der Waals surface area contributed by atoms with Gasteiger partial charge in [0.05, 0.1) is 0 Å². The standard InChI is InChI=1S/C17H12ClFN2O2/c1-10-5-6-13(8-14(10)19)20-17(22)15-9-16(23-21-15)11-3-2-4-12(18)7-11/h2-9H,1H3,(H,20,22). The molecule has 0 aliphatic rings. The molecule has 23 heavy (non-hydrogen) atoms. The molecule has 0 aliphatic carbocycles. The molecule has 0 fully saturated rings. The third kappa shape index (κ3) is 3.40. The molecule has 0 aliphatic heterocycles. The lowest BCUT2D eigenvalue weighted by atomic mass is 10.1. The summed E-state index contributed by atoms with van der Waals surface area (Å²) in [5.74, 6) is -0.444. The summed E-state index contributed by atoms with van der Waals surface area (Å²) in [7, 11) is 0. The fraction of sp³-hybridized carbons (Fsp3) is 0.0588. The molecule has 3 rings (SSSR count). The average Bonchev–Trinajstić information content (AvgIpc) is 3.01. The fourth-order valence-corrected chi connectivity index (χ4v) is 2.22.